The highest BCUT2D eigenvalue weighted by Crippen LogP contribution is 2.18. The van der Waals surface area contributed by atoms with Crippen molar-refractivity contribution < 1.29 is 91.7 Å². The van der Waals surface area contributed by atoms with E-state index in [1.165, 1.54) is 38.1 Å². The van der Waals surface area contributed by atoms with Crippen LogP contribution in [0.1, 0.15) is 185 Å². The van der Waals surface area contributed by atoms with Crippen molar-refractivity contribution in [2.45, 2.75) is 277 Å². The highest BCUT2D eigenvalue weighted by molar-refractivity contribution is 7.98. The maximum atomic E-state index is 14.9. The lowest BCUT2D eigenvalue weighted by atomic mass is 9.95. The maximum absolute atomic E-state index is 14.9. The number of thioether (sulfide) groups is 1. The van der Waals surface area contributed by atoms with Gasteiger partial charge in [0.15, 0.2) is 11.9 Å². The van der Waals surface area contributed by atoms with Crippen LogP contribution in [0.2, 0.25) is 0 Å². The minimum Gasteiger partial charge on any atom is -0.480 e. The van der Waals surface area contributed by atoms with E-state index in [2.05, 4.69) is 99.7 Å². The number of nitrogens with one attached hydrogen (secondary N) is 16. The molecule has 32 N–H and O–H groups in total. The number of carboxylic acids is 1. The smallest absolute Gasteiger partial charge is 0.322 e. The molecule has 16 amide bonds. The van der Waals surface area contributed by atoms with Crippen LogP contribution in [0, 0.1) is 35.5 Å². The third-order valence-electron chi connectivity index (χ3n) is 20.5. The number of H-pyrrole nitrogens is 1. The summed E-state index contributed by atoms with van der Waals surface area (Å²) in [4.78, 5) is 254. The molecule has 46 heteroatoms. The number of aliphatic hydroxyl groups is 1. The molecule has 0 saturated carbocycles. The number of aromatic amines is 1. The third-order valence-corrected chi connectivity index (χ3v) is 21.2. The summed E-state index contributed by atoms with van der Waals surface area (Å²) < 4.78 is 0. The van der Waals surface area contributed by atoms with Crippen LogP contribution in [-0.2, 0) is 94.3 Å². The highest BCUT2D eigenvalue weighted by atomic mass is 32.2. The molecule has 2 aromatic rings. The second kappa shape index (κ2) is 60.1. The molecule has 16 atom stereocenters. The molecule has 0 saturated heterocycles. The Balaban J connectivity index is 2.63. The Bertz CT molecular complexity index is 4060. The van der Waals surface area contributed by atoms with E-state index < -0.39 is 228 Å². The standard InChI is InChI=1S/C84H144N26O19S/c1-15-48(12)67(81(128)105-58(35-45(6)7)75(122)101-56(33-43(2)3)74(121)102-59(36-50-23-17-16-18-24-50)76(123)99-55(28-32-130-14)69(116)95-41-64(114)115)109-78(125)61(38-62(87)112)106-80(127)66(47(10)11)108-77(124)60(37-51-40-92-42-96-51)103-71(118)54(27-22-31-94-84(90)91)100-82(129)68(49(13)111)110-72(119)52(25-19-20-29-85)97-70(117)53(26-21-30-93-83(88)89)98-73(120)57(34-44(4)5)104-79(126)65(46(8)9)107-63(113)39-86/h16-18,23-24,40,42-49,52-61,65-68,111H,15,19-22,25-39,41,85-86H2,1-14H3,(H2,87,112)(H,92,96)(H,95,116)(H,97,117)(H,98,120)(H,99,123)(H,100,129)(H,101,122)(H,102,121)(H,103,118)(H,104,126)(H,105,128)(H,106,127)(H,107,113)(H,108,124)(H,109,125)(H,110,119)(H,114,115)(H4,88,89,93)(H4,90,91,94)/t48-,49+,52-,53-,54-,55-,56-,57-,58-,59-,60-,61-,65-,66-,67-,68-/m0/s1. The average Bonchev–Trinajstić information content (AvgIpc) is 1.63. The van der Waals surface area contributed by atoms with Gasteiger partial charge in [-0.2, -0.15) is 11.8 Å². The van der Waals surface area contributed by atoms with Crippen molar-refractivity contribution in [2.75, 3.05) is 44.7 Å². The van der Waals surface area contributed by atoms with Gasteiger partial charge in [-0.15, -0.1) is 0 Å². The molecule has 1 aromatic heterocycles. The first-order valence-corrected chi connectivity index (χ1v) is 45.3. The summed E-state index contributed by atoms with van der Waals surface area (Å²) in [5.74, 6) is -19.0. The van der Waals surface area contributed by atoms with E-state index in [0.29, 0.717) is 17.7 Å². The summed E-state index contributed by atoms with van der Waals surface area (Å²) in [5.41, 5.74) is 40.3. The van der Waals surface area contributed by atoms with Gasteiger partial charge < -0.3 is 135 Å². The number of hydrogen-bond donors (Lipinski definition) is 25. The summed E-state index contributed by atoms with van der Waals surface area (Å²) in [5, 5.41) is 59.6. The molecular weight excluding hydrogens is 1710 g/mol. The highest BCUT2D eigenvalue weighted by Gasteiger charge is 2.41. The first kappa shape index (κ1) is 114. The van der Waals surface area contributed by atoms with E-state index in [9.17, 15) is 91.7 Å². The fourth-order valence-corrected chi connectivity index (χ4v) is 13.8. The Labute approximate surface area is 763 Å². The fraction of sp³-hybridized carbons (Fsp3) is 0.667. The molecule has 0 aliphatic rings. The van der Waals surface area contributed by atoms with Crippen molar-refractivity contribution in [2.24, 2.45) is 85.6 Å². The lowest BCUT2D eigenvalue weighted by Gasteiger charge is -2.31. The van der Waals surface area contributed by atoms with Crippen molar-refractivity contribution in [3.05, 3.63) is 54.1 Å². The molecule has 0 bridgehead atoms. The van der Waals surface area contributed by atoms with E-state index in [1.54, 1.807) is 106 Å². The van der Waals surface area contributed by atoms with Crippen LogP contribution < -0.4 is 120 Å². The topological polar surface area (TPSA) is 747 Å². The van der Waals surface area contributed by atoms with Crippen LogP contribution >= 0.6 is 11.8 Å². The number of aliphatic hydroxyl groups excluding tert-OH is 1. The number of nitrogens with zero attached hydrogens (tertiary/aromatic N) is 3. The Morgan fingerprint density at radius 1 is 0.431 bits per heavy atom. The molecule has 730 valence electrons. The third kappa shape index (κ3) is 44.0. The van der Waals surface area contributed by atoms with Gasteiger partial charge in [-0.25, -0.2) is 4.98 Å². The lowest BCUT2D eigenvalue weighted by molar-refractivity contribution is -0.138. The largest absolute Gasteiger partial charge is 0.480 e. The normalized spacial score (nSPS) is 15.0. The summed E-state index contributed by atoms with van der Waals surface area (Å²) in [6.45, 7) is 20.4. The Kier molecular flexibility index (Phi) is 52.9. The molecule has 0 spiro atoms. The number of nitrogens with two attached hydrogens (primary N) is 7. The van der Waals surface area contributed by atoms with Crippen molar-refractivity contribution >= 4 is 124 Å². The van der Waals surface area contributed by atoms with Crippen LogP contribution in [0.3, 0.4) is 0 Å². The van der Waals surface area contributed by atoms with E-state index >= 15 is 0 Å². The second-order valence-electron chi connectivity index (χ2n) is 34.0. The molecule has 130 heavy (non-hydrogen) atoms. The zero-order valence-electron chi connectivity index (χ0n) is 77.1. The van der Waals surface area contributed by atoms with Gasteiger partial charge in [0, 0.05) is 37.8 Å². The summed E-state index contributed by atoms with van der Waals surface area (Å²) in [6, 6.07) is -12.1. The number of guanidine groups is 2. The average molecular weight is 1850 g/mol. The first-order valence-electron chi connectivity index (χ1n) is 43.9. The van der Waals surface area contributed by atoms with Gasteiger partial charge in [0.25, 0.3) is 0 Å². The Morgan fingerprint density at radius 2 is 0.800 bits per heavy atom. The molecule has 0 aliphatic heterocycles. The van der Waals surface area contributed by atoms with Crippen molar-refractivity contribution in [3.63, 3.8) is 0 Å². The summed E-state index contributed by atoms with van der Waals surface area (Å²) in [6.07, 6.45) is 1.78. The van der Waals surface area contributed by atoms with Crippen LogP contribution in [0.5, 0.6) is 0 Å². The minimum absolute atomic E-state index is 0.0115. The zero-order chi connectivity index (χ0) is 98.2. The van der Waals surface area contributed by atoms with E-state index in [4.69, 9.17) is 40.1 Å². The molecule has 45 nitrogen and oxygen atoms in total. The van der Waals surface area contributed by atoms with E-state index in [1.807, 2.05) is 0 Å². The molecular formula is C84H144N26O19S. The molecule has 0 radical (unpaired) electrons. The number of carbonyl (C=O) groups excluding carboxylic acids is 16. The van der Waals surface area contributed by atoms with Gasteiger partial charge in [-0.05, 0) is 137 Å². The number of hydrogen-bond acceptors (Lipinski definition) is 24. The number of imidazole rings is 1. The molecule has 0 aliphatic carbocycles. The molecule has 1 heterocycles. The van der Waals surface area contributed by atoms with Crippen LogP contribution in [0.4, 0.5) is 0 Å². The summed E-state index contributed by atoms with van der Waals surface area (Å²) in [7, 11) is 0. The second-order valence-corrected chi connectivity index (χ2v) is 35.0. The first-order chi connectivity index (χ1) is 61.2. The van der Waals surface area contributed by atoms with Gasteiger partial charge in [-0.3, -0.25) is 91.5 Å². The molecule has 1 aromatic carbocycles. The van der Waals surface area contributed by atoms with Crippen molar-refractivity contribution in [1.82, 2.24) is 89.7 Å². The number of carbonyl (C=O) groups is 17. The summed E-state index contributed by atoms with van der Waals surface area (Å²) >= 11 is 1.38. The minimum atomic E-state index is -1.90. The number of aliphatic carboxylic acids is 1. The van der Waals surface area contributed by atoms with Crippen LogP contribution in [0.25, 0.3) is 0 Å². The number of rotatable bonds is 63. The van der Waals surface area contributed by atoms with Crippen molar-refractivity contribution in [3.8, 4) is 0 Å². The van der Waals surface area contributed by atoms with E-state index in [-0.39, 0.29) is 138 Å². The quantitative estimate of drug-likeness (QED) is 0.0167. The van der Waals surface area contributed by atoms with Crippen LogP contribution in [-0.4, -0.2) is 268 Å². The SMILES string of the molecule is CC[C@H](C)[C@H](NC(=O)[C@H](CC(N)=O)NC(=O)[C@@H](NC(=O)[C@H](Cc1cnc[nH]1)NC(=O)[C@H](CCCN=C(N)N)NC(=O)[C@@H](NC(=O)[C@H](CCCCN)NC(=O)[C@H](CCCN=C(N)N)NC(=O)[C@H](CC(C)C)NC(=O)[C@@H](NC(=O)CN)C(C)C)[C@@H](C)O)C(C)C)C(=O)N[C@@H](CC(C)C)C(=O)N[C@@H](CC(C)C)C(=O)N[C@@H](Cc1ccccc1)C(=O)N[C@@H](CCSC)C(=O)NCC(=O)O. The van der Waals surface area contributed by atoms with Gasteiger partial charge in [-0.1, -0.05) is 120 Å². The number of unbranched alkanes of at least 4 members (excludes halogenated alkanes) is 1. The van der Waals surface area contributed by atoms with Gasteiger partial charge in [0.05, 0.1) is 25.4 Å². The number of carboxylic acid groups (broad SMARTS) is 1. The van der Waals surface area contributed by atoms with Gasteiger partial charge >= 0.3 is 5.97 Å². The molecule has 2 rings (SSSR count). The zero-order valence-corrected chi connectivity index (χ0v) is 78.0. The number of primary amides is 1. The lowest BCUT2D eigenvalue weighted by Crippen LogP contribution is -2.63. The number of benzene rings is 1. The Hall–Kier alpha value is -11.8. The van der Waals surface area contributed by atoms with Gasteiger partial charge in [0.1, 0.15) is 91.1 Å². The number of amides is 16. The maximum Gasteiger partial charge on any atom is 0.322 e. The predicted molar refractivity (Wildman–Crippen MR) is 488 cm³/mol. The van der Waals surface area contributed by atoms with Crippen LogP contribution in [0.15, 0.2) is 52.8 Å². The monoisotopic (exact) mass is 1850 g/mol. The number of aliphatic imine (C=N–C) groups is 2. The van der Waals surface area contributed by atoms with Crippen molar-refractivity contribution in [1.29, 1.82) is 0 Å². The molecule has 0 fully saturated rings. The Morgan fingerprint density at radius 3 is 1.22 bits per heavy atom. The van der Waals surface area contributed by atoms with E-state index in [0.717, 1.165) is 6.92 Å². The van der Waals surface area contributed by atoms with Gasteiger partial charge in [0.2, 0.25) is 94.5 Å². The fourth-order valence-electron chi connectivity index (χ4n) is 13.4. The number of aromatic nitrogens is 2. The molecule has 0 unspecified atom stereocenters. The predicted octanol–water partition coefficient (Wildman–Crippen LogP) is -5.12.